The van der Waals surface area contributed by atoms with Gasteiger partial charge in [0.25, 0.3) is 5.91 Å². The number of hydrogen-bond acceptors (Lipinski definition) is 7. The molecule has 188 valence electrons. The molecular weight excluding hydrogens is 530 g/mol. The van der Waals surface area contributed by atoms with Crippen molar-refractivity contribution in [1.82, 2.24) is 10.2 Å². The van der Waals surface area contributed by atoms with Crippen LogP contribution >= 0.6 is 35.1 Å². The molecule has 2 aliphatic heterocycles. The van der Waals surface area contributed by atoms with Crippen LogP contribution < -0.4 is 5.32 Å². The Hall–Kier alpha value is -3.45. The third-order valence-electron chi connectivity index (χ3n) is 5.65. The molecular formula is C27H22ClN3O4S2. The number of rotatable bonds is 9. The van der Waals surface area contributed by atoms with E-state index >= 15 is 0 Å². The average molecular weight is 552 g/mol. The molecule has 0 spiro atoms. The van der Waals surface area contributed by atoms with Crippen LogP contribution in [0.5, 0.6) is 0 Å². The molecule has 37 heavy (non-hydrogen) atoms. The van der Waals surface area contributed by atoms with Crippen molar-refractivity contribution in [3.8, 4) is 6.07 Å². The third-order valence-corrected chi connectivity index (χ3v) is 7.84. The molecule has 1 fully saturated rings. The zero-order valence-electron chi connectivity index (χ0n) is 19.5. The Morgan fingerprint density at radius 3 is 2.43 bits per heavy atom. The van der Waals surface area contributed by atoms with Gasteiger partial charge in [-0.1, -0.05) is 72.3 Å². The first-order valence-electron chi connectivity index (χ1n) is 11.3. The van der Waals surface area contributed by atoms with Crippen molar-refractivity contribution in [2.24, 2.45) is 0 Å². The lowest BCUT2D eigenvalue weighted by molar-refractivity contribution is -0.154. The number of thioether (sulfide) groups is 2. The van der Waals surface area contributed by atoms with Crippen LogP contribution in [0.15, 0.2) is 95.0 Å². The number of carbonyl (C=O) groups is 3. The number of β-lactam (4-membered cyclic amide) rings is 1. The molecule has 2 atom stereocenters. The molecule has 1 N–H and O–H groups in total. The highest BCUT2D eigenvalue weighted by atomic mass is 35.5. The fourth-order valence-electron chi connectivity index (χ4n) is 4.00. The van der Waals surface area contributed by atoms with Crippen molar-refractivity contribution in [1.29, 1.82) is 5.26 Å². The fourth-order valence-corrected chi connectivity index (χ4v) is 5.96. The number of amides is 2. The Morgan fingerprint density at radius 2 is 1.84 bits per heavy atom. The molecule has 1 unspecified atom stereocenters. The topological polar surface area (TPSA) is 99.5 Å². The molecule has 4 rings (SSSR count). The number of fused-ring (bicyclic) bond motifs is 1. The summed E-state index contributed by atoms with van der Waals surface area (Å²) in [6, 6.07) is 19.8. The highest BCUT2D eigenvalue weighted by Gasteiger charge is 2.54. The van der Waals surface area contributed by atoms with Crippen molar-refractivity contribution in [2.45, 2.75) is 17.5 Å². The van der Waals surface area contributed by atoms with Gasteiger partial charge in [-0.15, -0.1) is 23.5 Å². The Morgan fingerprint density at radius 1 is 1.19 bits per heavy atom. The van der Waals surface area contributed by atoms with Crippen LogP contribution in [0.2, 0.25) is 0 Å². The minimum Gasteiger partial charge on any atom is -0.448 e. The summed E-state index contributed by atoms with van der Waals surface area (Å²) in [5.41, 5.74) is 3.57. The summed E-state index contributed by atoms with van der Waals surface area (Å²) in [6.45, 7) is 0. The lowest BCUT2D eigenvalue weighted by atomic mass is 10.0. The smallest absolute Gasteiger partial charge is 0.356 e. The molecule has 2 heterocycles. The van der Waals surface area contributed by atoms with Crippen LogP contribution in [0.25, 0.3) is 0 Å². The number of carbonyl (C=O) groups excluding carboxylic acids is 3. The summed E-state index contributed by atoms with van der Waals surface area (Å²) < 4.78 is 6.03. The highest BCUT2D eigenvalue weighted by molar-refractivity contribution is 8.02. The van der Waals surface area contributed by atoms with E-state index in [0.29, 0.717) is 11.3 Å². The fraction of sp³-hybridized carbons (Fsp3) is 0.185. The van der Waals surface area contributed by atoms with Crippen molar-refractivity contribution in [3.63, 3.8) is 0 Å². The first kappa shape index (κ1) is 26.6. The molecule has 10 heteroatoms. The summed E-state index contributed by atoms with van der Waals surface area (Å²) in [4.78, 5) is 40.4. The first-order chi connectivity index (χ1) is 18.0. The van der Waals surface area contributed by atoms with E-state index in [4.69, 9.17) is 21.6 Å². The summed E-state index contributed by atoms with van der Waals surface area (Å²) in [5.74, 6) is -0.899. The van der Waals surface area contributed by atoms with E-state index in [2.05, 4.69) is 5.32 Å². The number of hydrogen-bond donors (Lipinski definition) is 1. The van der Waals surface area contributed by atoms with Gasteiger partial charge < -0.3 is 10.1 Å². The lowest BCUT2D eigenvalue weighted by Gasteiger charge is -2.49. The second kappa shape index (κ2) is 12.7. The maximum atomic E-state index is 13.6. The van der Waals surface area contributed by atoms with Gasteiger partial charge in [0.05, 0.1) is 11.8 Å². The van der Waals surface area contributed by atoms with E-state index < -0.39 is 29.4 Å². The monoisotopic (exact) mass is 551 g/mol. The van der Waals surface area contributed by atoms with Gasteiger partial charge in [-0.25, -0.2) is 4.79 Å². The standard InChI is InChI=1S/C27H22ClN3O4S2/c28-13-12-20-16-37-26-22(30-21(32)17-36-15-7-14-29)25(33)31(26)23(20)27(34)35-24(18-8-3-1-4-9-18)19-10-5-2-6-11-19/h1-13,15,22,24,26H,16-17H2,(H,30,32)/b13-12+,15-7-/t22?,26-/m1/s1. The zero-order chi connectivity index (χ0) is 26.2. The summed E-state index contributed by atoms with van der Waals surface area (Å²) in [5, 5.41) is 12.3. The molecule has 0 aromatic heterocycles. The molecule has 0 radical (unpaired) electrons. The van der Waals surface area contributed by atoms with Gasteiger partial charge in [-0.3, -0.25) is 14.5 Å². The van der Waals surface area contributed by atoms with Crippen LogP contribution in [0.3, 0.4) is 0 Å². The molecule has 2 aliphatic rings. The maximum absolute atomic E-state index is 13.6. The van der Waals surface area contributed by atoms with Gasteiger partial charge in [-0.05, 0) is 28.2 Å². The van der Waals surface area contributed by atoms with Crippen LogP contribution in [-0.2, 0) is 19.1 Å². The number of allylic oxidation sites excluding steroid dienone is 2. The van der Waals surface area contributed by atoms with Gasteiger partial charge >= 0.3 is 5.97 Å². The van der Waals surface area contributed by atoms with Gasteiger partial charge in [0, 0.05) is 17.4 Å². The average Bonchev–Trinajstić information content (AvgIpc) is 2.93. The highest BCUT2D eigenvalue weighted by Crippen LogP contribution is 2.42. The van der Waals surface area contributed by atoms with Crippen molar-refractivity contribution < 1.29 is 19.1 Å². The van der Waals surface area contributed by atoms with Crippen molar-refractivity contribution in [2.75, 3.05) is 11.5 Å². The van der Waals surface area contributed by atoms with E-state index in [1.54, 1.807) is 6.08 Å². The molecule has 0 aliphatic carbocycles. The Balaban J connectivity index is 1.56. The SMILES string of the molecule is N#C/C=C\SCC(=O)NC1C(=O)N2C(C(=O)OC(c3ccccc3)c3ccccc3)=C(/C=C/Cl)CS[C@H]12. The van der Waals surface area contributed by atoms with Gasteiger partial charge in [-0.2, -0.15) is 5.26 Å². The normalized spacial score (nSPS) is 19.1. The van der Waals surface area contributed by atoms with Gasteiger partial charge in [0.2, 0.25) is 5.91 Å². The Labute approximate surface area is 228 Å². The quantitative estimate of drug-likeness (QED) is 0.278. The molecule has 0 bridgehead atoms. The van der Waals surface area contributed by atoms with Crippen LogP contribution in [0.1, 0.15) is 17.2 Å². The molecule has 2 aromatic rings. The van der Waals surface area contributed by atoms with Crippen molar-refractivity contribution in [3.05, 3.63) is 106 Å². The minimum absolute atomic E-state index is 0.0696. The van der Waals surface area contributed by atoms with Gasteiger partial charge in [0.15, 0.2) is 6.10 Å². The van der Waals surface area contributed by atoms with Gasteiger partial charge in [0.1, 0.15) is 17.1 Å². The number of ether oxygens (including phenoxy) is 1. The molecule has 1 saturated heterocycles. The maximum Gasteiger partial charge on any atom is 0.356 e. The second-order valence-electron chi connectivity index (χ2n) is 7.97. The van der Waals surface area contributed by atoms with Crippen LogP contribution in [0.4, 0.5) is 0 Å². The van der Waals surface area contributed by atoms with Crippen molar-refractivity contribution >= 4 is 52.9 Å². The van der Waals surface area contributed by atoms with Crippen LogP contribution in [0, 0.1) is 11.3 Å². The largest absolute Gasteiger partial charge is 0.448 e. The van der Waals surface area contributed by atoms with E-state index in [9.17, 15) is 14.4 Å². The number of esters is 1. The summed E-state index contributed by atoms with van der Waals surface area (Å²) in [6.07, 6.45) is 2.18. The first-order valence-corrected chi connectivity index (χ1v) is 13.8. The number of halogens is 1. The molecule has 2 amide bonds. The number of nitrogens with zero attached hydrogens (tertiary/aromatic N) is 2. The van der Waals surface area contributed by atoms with E-state index in [1.807, 2.05) is 66.7 Å². The molecule has 0 saturated carbocycles. The number of nitrogens with one attached hydrogen (secondary N) is 1. The van der Waals surface area contributed by atoms with E-state index in [-0.39, 0.29) is 17.4 Å². The summed E-state index contributed by atoms with van der Waals surface area (Å²) >= 11 is 8.43. The Kier molecular flexibility index (Phi) is 9.12. The van der Waals surface area contributed by atoms with E-state index in [1.165, 1.54) is 33.7 Å². The minimum atomic E-state index is -0.763. The molecule has 2 aromatic carbocycles. The van der Waals surface area contributed by atoms with Crippen LogP contribution in [-0.4, -0.2) is 45.6 Å². The summed E-state index contributed by atoms with van der Waals surface area (Å²) in [7, 11) is 0. The zero-order valence-corrected chi connectivity index (χ0v) is 21.8. The lowest BCUT2D eigenvalue weighted by Crippen LogP contribution is -2.70. The predicted octanol–water partition coefficient (Wildman–Crippen LogP) is 4.50. The predicted molar refractivity (Wildman–Crippen MR) is 145 cm³/mol. The Bertz CT molecular complexity index is 1250. The second-order valence-corrected chi connectivity index (χ2v) is 10.2. The van der Waals surface area contributed by atoms with E-state index in [0.717, 1.165) is 22.9 Å². The third kappa shape index (κ3) is 6.10. The number of benzene rings is 2. The molecule has 7 nitrogen and oxygen atoms in total. The number of nitriles is 1.